The highest BCUT2D eigenvalue weighted by Crippen LogP contribution is 2.23. The third-order valence-corrected chi connectivity index (χ3v) is 2.92. The zero-order chi connectivity index (χ0) is 14.0. The maximum atomic E-state index is 12.0. The molecule has 1 saturated heterocycles. The summed E-state index contributed by atoms with van der Waals surface area (Å²) in [6, 6.07) is 4.32. The fraction of sp³-hybridized carbons (Fsp3) is 0.333. The van der Waals surface area contributed by atoms with Crippen molar-refractivity contribution in [2.45, 2.75) is 25.8 Å². The third kappa shape index (κ3) is 2.40. The van der Waals surface area contributed by atoms with E-state index in [4.69, 9.17) is 0 Å². The second-order valence-corrected chi connectivity index (χ2v) is 4.24. The number of nitrogens with one attached hydrogen (secondary N) is 1. The van der Waals surface area contributed by atoms with E-state index in [1.54, 1.807) is 0 Å². The van der Waals surface area contributed by atoms with Crippen LogP contribution in [0, 0.1) is 10.1 Å². The average Bonchev–Trinajstić information content (AvgIpc) is 2.65. The van der Waals surface area contributed by atoms with Gasteiger partial charge in [0.2, 0.25) is 0 Å². The molecule has 100 valence electrons. The van der Waals surface area contributed by atoms with Gasteiger partial charge >= 0.3 is 6.03 Å². The minimum absolute atomic E-state index is 0.0825. The number of hydrogen-bond donors (Lipinski definition) is 1. The first-order valence-electron chi connectivity index (χ1n) is 5.93. The Bertz CT molecular complexity index is 526. The first-order chi connectivity index (χ1) is 9.04. The number of benzene rings is 1. The van der Waals surface area contributed by atoms with Crippen molar-refractivity contribution in [3.8, 4) is 0 Å². The SMILES string of the molecule is CCCC1NC(=O)N(c2ccc([N+](=O)[O-])cc2)C1=O. The van der Waals surface area contributed by atoms with E-state index in [1.807, 2.05) is 6.92 Å². The van der Waals surface area contributed by atoms with Crippen LogP contribution in [0.3, 0.4) is 0 Å². The molecule has 7 heteroatoms. The van der Waals surface area contributed by atoms with E-state index in [9.17, 15) is 19.7 Å². The largest absolute Gasteiger partial charge is 0.329 e. The maximum absolute atomic E-state index is 12.0. The number of carbonyl (C=O) groups is 2. The first-order valence-corrected chi connectivity index (χ1v) is 5.93. The number of nitro benzene ring substituents is 1. The van der Waals surface area contributed by atoms with Gasteiger partial charge in [-0.1, -0.05) is 13.3 Å². The van der Waals surface area contributed by atoms with Gasteiger partial charge in [-0.05, 0) is 18.6 Å². The molecule has 0 bridgehead atoms. The van der Waals surface area contributed by atoms with Crippen molar-refractivity contribution < 1.29 is 14.5 Å². The zero-order valence-electron chi connectivity index (χ0n) is 10.3. The molecule has 1 N–H and O–H groups in total. The Hall–Kier alpha value is -2.44. The molecule has 1 unspecified atom stereocenters. The van der Waals surface area contributed by atoms with Crippen LogP contribution in [0.5, 0.6) is 0 Å². The molecule has 2 rings (SSSR count). The Morgan fingerprint density at radius 1 is 1.32 bits per heavy atom. The molecule has 1 aromatic carbocycles. The Morgan fingerprint density at radius 3 is 2.47 bits per heavy atom. The van der Waals surface area contributed by atoms with Gasteiger partial charge in [-0.15, -0.1) is 0 Å². The molecule has 0 saturated carbocycles. The van der Waals surface area contributed by atoms with Crippen LogP contribution in [0.15, 0.2) is 24.3 Å². The topological polar surface area (TPSA) is 92.6 Å². The molecular formula is C12H13N3O4. The summed E-state index contributed by atoms with van der Waals surface area (Å²) in [5.41, 5.74) is 0.257. The summed E-state index contributed by atoms with van der Waals surface area (Å²) in [5, 5.41) is 13.1. The van der Waals surface area contributed by atoms with Gasteiger partial charge in [-0.3, -0.25) is 14.9 Å². The highest BCUT2D eigenvalue weighted by atomic mass is 16.6. The van der Waals surface area contributed by atoms with Gasteiger partial charge in [-0.2, -0.15) is 0 Å². The maximum Gasteiger partial charge on any atom is 0.329 e. The number of amides is 3. The summed E-state index contributed by atoms with van der Waals surface area (Å²) in [6.45, 7) is 1.92. The number of nitro groups is 1. The molecule has 0 radical (unpaired) electrons. The first kappa shape index (κ1) is 13.0. The number of urea groups is 1. The quantitative estimate of drug-likeness (QED) is 0.509. The van der Waals surface area contributed by atoms with E-state index in [0.717, 1.165) is 11.3 Å². The van der Waals surface area contributed by atoms with Crippen LogP contribution in [0.1, 0.15) is 19.8 Å². The van der Waals surface area contributed by atoms with Gasteiger partial charge in [0.25, 0.3) is 11.6 Å². The molecule has 1 fully saturated rings. The zero-order valence-corrected chi connectivity index (χ0v) is 10.3. The van der Waals surface area contributed by atoms with Crippen LogP contribution in [0.25, 0.3) is 0 Å². The molecule has 7 nitrogen and oxygen atoms in total. The molecule has 0 aliphatic carbocycles. The van der Waals surface area contributed by atoms with E-state index in [0.29, 0.717) is 12.1 Å². The monoisotopic (exact) mass is 263 g/mol. The van der Waals surface area contributed by atoms with Crippen molar-refractivity contribution in [2.24, 2.45) is 0 Å². The predicted molar refractivity (Wildman–Crippen MR) is 67.8 cm³/mol. The van der Waals surface area contributed by atoms with Gasteiger partial charge in [0.15, 0.2) is 0 Å². The van der Waals surface area contributed by atoms with Crippen molar-refractivity contribution in [1.82, 2.24) is 5.32 Å². The van der Waals surface area contributed by atoms with Gasteiger partial charge in [0.05, 0.1) is 10.6 Å². The number of non-ortho nitro benzene ring substituents is 1. The summed E-state index contributed by atoms with van der Waals surface area (Å²) in [7, 11) is 0. The molecule has 0 spiro atoms. The fourth-order valence-electron chi connectivity index (χ4n) is 1.98. The Kier molecular flexibility index (Phi) is 3.46. The lowest BCUT2D eigenvalue weighted by molar-refractivity contribution is -0.384. The number of nitrogens with zero attached hydrogens (tertiary/aromatic N) is 2. The van der Waals surface area contributed by atoms with Gasteiger partial charge in [0.1, 0.15) is 6.04 Å². The smallest absolute Gasteiger partial charge is 0.325 e. The Labute approximate surface area is 109 Å². The summed E-state index contributed by atoms with van der Waals surface area (Å²) >= 11 is 0. The minimum Gasteiger partial charge on any atom is -0.325 e. The van der Waals surface area contributed by atoms with E-state index < -0.39 is 17.0 Å². The van der Waals surface area contributed by atoms with Crippen LogP contribution in [-0.2, 0) is 4.79 Å². The second kappa shape index (κ2) is 5.05. The van der Waals surface area contributed by atoms with E-state index in [2.05, 4.69) is 5.32 Å². The summed E-state index contributed by atoms with van der Waals surface area (Å²) < 4.78 is 0. The third-order valence-electron chi connectivity index (χ3n) is 2.92. The molecule has 1 aliphatic heterocycles. The normalized spacial score (nSPS) is 18.6. The predicted octanol–water partition coefficient (Wildman–Crippen LogP) is 1.82. The van der Waals surface area contributed by atoms with Crippen molar-refractivity contribution in [1.29, 1.82) is 0 Å². The lowest BCUT2D eigenvalue weighted by Crippen LogP contribution is -2.31. The molecule has 19 heavy (non-hydrogen) atoms. The van der Waals surface area contributed by atoms with Gasteiger partial charge < -0.3 is 5.32 Å². The van der Waals surface area contributed by atoms with Crippen molar-refractivity contribution in [3.05, 3.63) is 34.4 Å². The highest BCUT2D eigenvalue weighted by molar-refractivity contribution is 6.21. The molecule has 1 aromatic rings. The van der Waals surface area contributed by atoms with Crippen LogP contribution in [-0.4, -0.2) is 22.9 Å². The second-order valence-electron chi connectivity index (χ2n) is 4.24. The Morgan fingerprint density at radius 2 is 1.95 bits per heavy atom. The fourth-order valence-corrected chi connectivity index (χ4v) is 1.98. The standard InChI is InChI=1S/C12H13N3O4/c1-2-3-10-11(16)14(12(17)13-10)8-4-6-9(7-5-8)15(18)19/h4-7,10H,2-3H2,1H3,(H,13,17). The Balaban J connectivity index is 2.24. The number of anilines is 1. The van der Waals surface area contributed by atoms with Crippen LogP contribution >= 0.6 is 0 Å². The van der Waals surface area contributed by atoms with Crippen molar-refractivity contribution >= 4 is 23.3 Å². The van der Waals surface area contributed by atoms with E-state index in [1.165, 1.54) is 24.3 Å². The number of carbonyl (C=O) groups excluding carboxylic acids is 2. The average molecular weight is 263 g/mol. The van der Waals surface area contributed by atoms with Crippen molar-refractivity contribution in [2.75, 3.05) is 4.90 Å². The van der Waals surface area contributed by atoms with Gasteiger partial charge in [-0.25, -0.2) is 9.69 Å². The number of imide groups is 1. The number of hydrogen-bond acceptors (Lipinski definition) is 4. The molecule has 1 atom stereocenters. The van der Waals surface area contributed by atoms with Crippen LogP contribution in [0.4, 0.5) is 16.2 Å². The van der Waals surface area contributed by atoms with Crippen LogP contribution in [0.2, 0.25) is 0 Å². The molecule has 3 amide bonds. The summed E-state index contributed by atoms with van der Waals surface area (Å²) in [5.74, 6) is -0.319. The molecular weight excluding hydrogens is 250 g/mol. The van der Waals surface area contributed by atoms with Crippen molar-refractivity contribution in [3.63, 3.8) is 0 Å². The van der Waals surface area contributed by atoms with Gasteiger partial charge in [0, 0.05) is 12.1 Å². The number of rotatable bonds is 4. The van der Waals surface area contributed by atoms with E-state index >= 15 is 0 Å². The lowest BCUT2D eigenvalue weighted by Gasteiger charge is -2.12. The molecule has 1 heterocycles. The van der Waals surface area contributed by atoms with Crippen LogP contribution < -0.4 is 10.2 Å². The summed E-state index contributed by atoms with van der Waals surface area (Å²) in [4.78, 5) is 34.8. The lowest BCUT2D eigenvalue weighted by atomic mass is 10.1. The summed E-state index contributed by atoms with van der Waals surface area (Å²) in [6.07, 6.45) is 1.36. The highest BCUT2D eigenvalue weighted by Gasteiger charge is 2.38. The minimum atomic E-state index is -0.532. The molecule has 0 aromatic heterocycles. The van der Waals surface area contributed by atoms with E-state index in [-0.39, 0.29) is 11.6 Å². The molecule has 1 aliphatic rings.